The molecule has 12 heteroatoms. The van der Waals surface area contributed by atoms with Gasteiger partial charge < -0.3 is 34.2 Å². The van der Waals surface area contributed by atoms with Gasteiger partial charge in [0.25, 0.3) is 0 Å². The SMILES string of the molecule is CC[C@H](C)[C@@H]([C@@H](CC(=O)N1CCC[C@H]1[C@H](OC)[C@@H](C)C(=O)OC)OC)N(C)C(=O)[C@@H](NC(=O)[C@@H]1[C@H]2CC[C@H](C2)N1C(C)=O)C(C)C. The summed E-state index contributed by atoms with van der Waals surface area (Å²) in [6.07, 6.45) is 3.77. The molecule has 4 amide bonds. The molecule has 3 rings (SSSR count). The first-order valence-electron chi connectivity index (χ1n) is 17.0. The second kappa shape index (κ2) is 16.4. The molecule has 2 aliphatic heterocycles. The zero-order valence-corrected chi connectivity index (χ0v) is 29.6. The number of nitrogens with one attached hydrogen (secondary N) is 1. The van der Waals surface area contributed by atoms with Crippen molar-refractivity contribution in [2.45, 2.75) is 129 Å². The van der Waals surface area contributed by atoms with Crippen LogP contribution in [0.3, 0.4) is 0 Å². The third kappa shape index (κ3) is 7.86. The van der Waals surface area contributed by atoms with Crippen molar-refractivity contribution in [2.24, 2.45) is 23.7 Å². The van der Waals surface area contributed by atoms with Crippen molar-refractivity contribution in [2.75, 3.05) is 34.9 Å². The molecule has 0 unspecified atom stereocenters. The van der Waals surface area contributed by atoms with E-state index in [0.717, 1.165) is 32.1 Å². The molecule has 0 radical (unpaired) electrons. The summed E-state index contributed by atoms with van der Waals surface area (Å²) in [4.78, 5) is 71.6. The van der Waals surface area contributed by atoms with Crippen molar-refractivity contribution in [3.63, 3.8) is 0 Å². The van der Waals surface area contributed by atoms with E-state index in [0.29, 0.717) is 13.0 Å². The van der Waals surface area contributed by atoms with Gasteiger partial charge in [-0.05, 0) is 56.8 Å². The number of likely N-dealkylation sites (tertiary alicyclic amines) is 2. The fourth-order valence-electron chi connectivity index (χ4n) is 8.23. The van der Waals surface area contributed by atoms with E-state index in [1.54, 1.807) is 42.9 Å². The highest BCUT2D eigenvalue weighted by atomic mass is 16.5. The molecule has 2 bridgehead atoms. The minimum atomic E-state index is -0.810. The first-order chi connectivity index (χ1) is 21.7. The quantitative estimate of drug-likeness (QED) is 0.268. The lowest BCUT2D eigenvalue weighted by molar-refractivity contribution is -0.154. The molecule has 46 heavy (non-hydrogen) atoms. The molecule has 262 valence electrons. The van der Waals surface area contributed by atoms with Gasteiger partial charge in [0, 0.05) is 40.8 Å². The molecule has 1 N–H and O–H groups in total. The van der Waals surface area contributed by atoms with E-state index in [1.165, 1.54) is 14.0 Å². The molecular weight excluding hydrogens is 592 g/mol. The number of ether oxygens (including phenoxy) is 3. The first kappa shape index (κ1) is 37.7. The lowest BCUT2D eigenvalue weighted by Crippen LogP contribution is -2.60. The predicted octanol–water partition coefficient (Wildman–Crippen LogP) is 2.62. The number of rotatable bonds is 15. The maximum absolute atomic E-state index is 14.2. The number of carbonyl (C=O) groups is 5. The van der Waals surface area contributed by atoms with Crippen molar-refractivity contribution >= 4 is 29.6 Å². The van der Waals surface area contributed by atoms with Crippen LogP contribution in [-0.2, 0) is 38.2 Å². The van der Waals surface area contributed by atoms with Crippen LogP contribution in [0.4, 0.5) is 0 Å². The van der Waals surface area contributed by atoms with Crippen LogP contribution < -0.4 is 5.32 Å². The monoisotopic (exact) mass is 650 g/mol. The molecule has 0 aromatic rings. The summed E-state index contributed by atoms with van der Waals surface area (Å²) in [5.41, 5.74) is 0. The van der Waals surface area contributed by atoms with Gasteiger partial charge in [-0.2, -0.15) is 0 Å². The Morgan fingerprint density at radius 2 is 1.65 bits per heavy atom. The van der Waals surface area contributed by atoms with Crippen LogP contribution in [0.1, 0.15) is 86.5 Å². The fraction of sp³-hybridized carbons (Fsp3) is 0.853. The van der Waals surface area contributed by atoms with Gasteiger partial charge in [-0.3, -0.25) is 24.0 Å². The number of esters is 1. The number of fused-ring (bicyclic) bond motifs is 2. The molecule has 3 fully saturated rings. The standard InChI is InChI=1S/C34H58N4O8/c1-11-20(4)29(26(44-8)18-27(40)37-16-12-13-25(37)31(45-9)21(5)34(43)46-10)36(7)33(42)28(19(2)3)35-32(41)30-23-14-15-24(17-23)38(30)22(6)39/h19-21,23-26,28-31H,11-18H2,1-10H3,(H,35,41)/t20-,21+,23-,24+,25-,26+,28-,29-,30-,31+/m0/s1. The molecule has 0 spiro atoms. The number of methoxy groups -OCH3 is 3. The number of hydrogen-bond donors (Lipinski definition) is 1. The summed E-state index contributed by atoms with van der Waals surface area (Å²) in [6.45, 7) is 11.6. The van der Waals surface area contributed by atoms with Gasteiger partial charge >= 0.3 is 5.97 Å². The number of carbonyl (C=O) groups excluding carboxylic acids is 5. The molecule has 1 aliphatic carbocycles. The molecule has 1 saturated carbocycles. The lowest BCUT2D eigenvalue weighted by atomic mass is 9.89. The molecule has 3 aliphatic rings. The minimum absolute atomic E-state index is 0.0190. The Labute approximate surface area is 275 Å². The van der Waals surface area contributed by atoms with E-state index in [2.05, 4.69) is 5.32 Å². The number of amides is 4. The van der Waals surface area contributed by atoms with E-state index in [1.807, 2.05) is 27.7 Å². The zero-order valence-electron chi connectivity index (χ0n) is 29.6. The summed E-state index contributed by atoms with van der Waals surface area (Å²) < 4.78 is 16.6. The maximum atomic E-state index is 14.2. The highest BCUT2D eigenvalue weighted by Crippen LogP contribution is 2.42. The summed E-state index contributed by atoms with van der Waals surface area (Å²) in [5.74, 6) is -1.84. The fourth-order valence-corrected chi connectivity index (χ4v) is 8.23. The van der Waals surface area contributed by atoms with Crippen molar-refractivity contribution in [3.05, 3.63) is 0 Å². The number of nitrogens with zero attached hydrogens (tertiary/aromatic N) is 3. The number of hydrogen-bond acceptors (Lipinski definition) is 8. The van der Waals surface area contributed by atoms with Crippen LogP contribution in [0.25, 0.3) is 0 Å². The molecule has 12 nitrogen and oxygen atoms in total. The van der Waals surface area contributed by atoms with E-state index >= 15 is 0 Å². The molecule has 2 heterocycles. The van der Waals surface area contributed by atoms with E-state index in [9.17, 15) is 24.0 Å². The van der Waals surface area contributed by atoms with Gasteiger partial charge in [0.2, 0.25) is 23.6 Å². The van der Waals surface area contributed by atoms with E-state index in [-0.39, 0.29) is 65.9 Å². The van der Waals surface area contributed by atoms with Gasteiger partial charge in [-0.25, -0.2) is 0 Å². The average Bonchev–Trinajstić information content (AvgIpc) is 3.79. The molecule has 2 saturated heterocycles. The molecule has 0 aromatic heterocycles. The van der Waals surface area contributed by atoms with E-state index in [4.69, 9.17) is 14.2 Å². The van der Waals surface area contributed by atoms with Crippen LogP contribution in [0, 0.1) is 23.7 Å². The predicted molar refractivity (Wildman–Crippen MR) is 172 cm³/mol. The Morgan fingerprint density at radius 3 is 2.20 bits per heavy atom. The van der Waals surface area contributed by atoms with Gasteiger partial charge in [-0.1, -0.05) is 34.1 Å². The summed E-state index contributed by atoms with van der Waals surface area (Å²) in [6, 6.07) is -2.02. The highest BCUT2D eigenvalue weighted by molar-refractivity contribution is 5.93. The average molecular weight is 651 g/mol. The zero-order chi connectivity index (χ0) is 34.5. The van der Waals surface area contributed by atoms with Gasteiger partial charge in [0.05, 0.1) is 43.7 Å². The minimum Gasteiger partial charge on any atom is -0.469 e. The third-order valence-electron chi connectivity index (χ3n) is 10.9. The van der Waals surface area contributed by atoms with Crippen LogP contribution in [-0.4, -0.2) is 122 Å². The Morgan fingerprint density at radius 1 is 0.978 bits per heavy atom. The van der Waals surface area contributed by atoms with Gasteiger partial charge in [0.1, 0.15) is 12.1 Å². The van der Waals surface area contributed by atoms with Gasteiger partial charge in [-0.15, -0.1) is 0 Å². The second-order valence-electron chi connectivity index (χ2n) is 13.9. The van der Waals surface area contributed by atoms with Gasteiger partial charge in [0.15, 0.2) is 0 Å². The largest absolute Gasteiger partial charge is 0.469 e. The van der Waals surface area contributed by atoms with Crippen LogP contribution in [0.15, 0.2) is 0 Å². The molecule has 10 atom stereocenters. The first-order valence-corrected chi connectivity index (χ1v) is 17.0. The number of likely N-dealkylation sites (N-methyl/N-ethyl adjacent to an activating group) is 1. The van der Waals surface area contributed by atoms with Crippen LogP contribution in [0.5, 0.6) is 0 Å². The van der Waals surface area contributed by atoms with Crippen molar-refractivity contribution in [3.8, 4) is 0 Å². The second-order valence-corrected chi connectivity index (χ2v) is 13.9. The van der Waals surface area contributed by atoms with Crippen molar-refractivity contribution in [1.82, 2.24) is 20.0 Å². The van der Waals surface area contributed by atoms with Crippen molar-refractivity contribution < 1.29 is 38.2 Å². The highest BCUT2D eigenvalue weighted by Gasteiger charge is 2.51. The normalized spacial score (nSPS) is 26.3. The number of piperidine rings is 1. The Bertz CT molecular complexity index is 1100. The Hall–Kier alpha value is -2.73. The van der Waals surface area contributed by atoms with E-state index < -0.39 is 36.3 Å². The maximum Gasteiger partial charge on any atom is 0.311 e. The summed E-state index contributed by atoms with van der Waals surface area (Å²) in [5, 5.41) is 3.02. The Balaban J connectivity index is 1.79. The molecular formula is C34H58N4O8. The summed E-state index contributed by atoms with van der Waals surface area (Å²) >= 11 is 0. The molecule has 0 aromatic carbocycles. The topological polar surface area (TPSA) is 135 Å². The summed E-state index contributed by atoms with van der Waals surface area (Å²) in [7, 11) is 6.15. The smallest absolute Gasteiger partial charge is 0.311 e. The van der Waals surface area contributed by atoms with Crippen molar-refractivity contribution in [1.29, 1.82) is 0 Å². The lowest BCUT2D eigenvalue weighted by Gasteiger charge is -2.41. The third-order valence-corrected chi connectivity index (χ3v) is 10.9. The van der Waals surface area contributed by atoms with Crippen LogP contribution in [0.2, 0.25) is 0 Å². The Kier molecular flexibility index (Phi) is 13.4. The van der Waals surface area contributed by atoms with Crippen LogP contribution >= 0.6 is 0 Å².